The fourth-order valence-corrected chi connectivity index (χ4v) is 3.13. The quantitative estimate of drug-likeness (QED) is 0.580. The lowest BCUT2D eigenvalue weighted by molar-refractivity contribution is 0.0542. The fourth-order valence-electron chi connectivity index (χ4n) is 1.62. The van der Waals surface area contributed by atoms with Gasteiger partial charge in [-0.25, -0.2) is 0 Å². The number of ether oxygens (including phenoxy) is 3. The molecule has 1 aromatic rings. The lowest BCUT2D eigenvalue weighted by atomic mass is 10.2. The minimum absolute atomic E-state index is 0.461. The number of hydrogen-bond acceptors (Lipinski definition) is 4. The van der Waals surface area contributed by atoms with E-state index in [9.17, 15) is 0 Å². The maximum atomic E-state index is 5.75. The summed E-state index contributed by atoms with van der Waals surface area (Å²) in [6.07, 6.45) is 0. The third kappa shape index (κ3) is 7.61. The zero-order valence-electron chi connectivity index (χ0n) is 12.7. The molecule has 0 bridgehead atoms. The summed E-state index contributed by atoms with van der Waals surface area (Å²) < 4.78 is 17.9. The first-order valence-corrected chi connectivity index (χ1v) is 8.54. The molecule has 0 atom stereocenters. The van der Waals surface area contributed by atoms with Gasteiger partial charge in [0.15, 0.2) is 0 Å². The monoisotopic (exact) mass is 423 g/mol. The van der Waals surface area contributed by atoms with Crippen LogP contribution in [0, 0.1) is 0 Å². The number of halogens is 2. The predicted molar refractivity (Wildman–Crippen MR) is 92.0 cm³/mol. The van der Waals surface area contributed by atoms with Crippen molar-refractivity contribution in [2.75, 3.05) is 33.5 Å². The van der Waals surface area contributed by atoms with Gasteiger partial charge in [-0.2, -0.15) is 0 Å². The normalized spacial score (nSPS) is 11.1. The molecule has 0 aromatic heterocycles. The Hall–Kier alpha value is -0.140. The van der Waals surface area contributed by atoms with E-state index >= 15 is 0 Å². The van der Waals surface area contributed by atoms with Crippen LogP contribution in [-0.4, -0.2) is 39.6 Å². The smallest absolute Gasteiger partial charge is 0.147 e. The molecule has 1 rings (SSSR count). The highest BCUT2D eigenvalue weighted by molar-refractivity contribution is 9.11. The van der Waals surface area contributed by atoms with E-state index in [1.165, 1.54) is 5.56 Å². The van der Waals surface area contributed by atoms with Crippen molar-refractivity contribution in [2.45, 2.75) is 26.4 Å². The van der Waals surface area contributed by atoms with E-state index in [1.54, 1.807) is 7.11 Å². The van der Waals surface area contributed by atoms with E-state index in [-0.39, 0.29) is 0 Å². The van der Waals surface area contributed by atoms with Gasteiger partial charge >= 0.3 is 0 Å². The minimum Gasteiger partial charge on any atom is -0.489 e. The number of hydrogen-bond donors (Lipinski definition) is 1. The van der Waals surface area contributed by atoms with E-state index in [1.807, 2.05) is 0 Å². The zero-order chi connectivity index (χ0) is 15.7. The van der Waals surface area contributed by atoms with Crippen LogP contribution in [0.2, 0.25) is 0 Å². The van der Waals surface area contributed by atoms with Crippen LogP contribution in [0.5, 0.6) is 5.75 Å². The van der Waals surface area contributed by atoms with Gasteiger partial charge in [0.1, 0.15) is 12.4 Å². The summed E-state index contributed by atoms with van der Waals surface area (Å²) in [5.41, 5.74) is 1.20. The molecule has 0 spiro atoms. The first-order valence-electron chi connectivity index (χ1n) is 6.95. The Morgan fingerprint density at radius 1 is 1.05 bits per heavy atom. The SMILES string of the molecule is COCCOCCOc1c(Br)cc(CNC(C)C)cc1Br. The molecule has 0 aliphatic carbocycles. The first-order chi connectivity index (χ1) is 10.0. The van der Waals surface area contributed by atoms with Gasteiger partial charge in [0.2, 0.25) is 0 Å². The molecule has 0 saturated carbocycles. The molecule has 6 heteroatoms. The number of nitrogens with one attached hydrogen (secondary N) is 1. The summed E-state index contributed by atoms with van der Waals surface area (Å²) in [5, 5.41) is 3.39. The van der Waals surface area contributed by atoms with Gasteiger partial charge in [-0.15, -0.1) is 0 Å². The molecule has 21 heavy (non-hydrogen) atoms. The molecule has 0 fully saturated rings. The van der Waals surface area contributed by atoms with E-state index in [0.29, 0.717) is 32.5 Å². The van der Waals surface area contributed by atoms with Gasteiger partial charge in [-0.1, -0.05) is 13.8 Å². The standard InChI is InChI=1S/C15H23Br2NO3/c1-11(2)18-10-12-8-13(16)15(14(17)9-12)21-7-6-20-5-4-19-3/h8-9,11,18H,4-7,10H2,1-3H3. The van der Waals surface area contributed by atoms with Crippen LogP contribution in [0.4, 0.5) is 0 Å². The fraction of sp³-hybridized carbons (Fsp3) is 0.600. The summed E-state index contributed by atoms with van der Waals surface area (Å²) >= 11 is 7.11. The van der Waals surface area contributed by atoms with Gasteiger partial charge in [-0.3, -0.25) is 0 Å². The minimum atomic E-state index is 0.461. The predicted octanol–water partition coefficient (Wildman–Crippen LogP) is 3.75. The topological polar surface area (TPSA) is 39.7 Å². The Morgan fingerprint density at radius 3 is 2.24 bits per heavy atom. The van der Waals surface area contributed by atoms with Crippen molar-refractivity contribution in [1.82, 2.24) is 5.32 Å². The molecule has 1 N–H and O–H groups in total. The molecule has 1 aromatic carbocycles. The van der Waals surface area contributed by atoms with E-state index in [0.717, 1.165) is 21.2 Å². The lowest BCUT2D eigenvalue weighted by Gasteiger charge is -2.14. The highest BCUT2D eigenvalue weighted by atomic mass is 79.9. The van der Waals surface area contributed by atoms with E-state index < -0.39 is 0 Å². The van der Waals surface area contributed by atoms with E-state index in [2.05, 4.69) is 63.2 Å². The van der Waals surface area contributed by atoms with Gasteiger partial charge < -0.3 is 19.5 Å². The molecule has 0 radical (unpaired) electrons. The maximum absolute atomic E-state index is 5.75. The van der Waals surface area contributed by atoms with Crippen molar-refractivity contribution >= 4 is 31.9 Å². The highest BCUT2D eigenvalue weighted by Crippen LogP contribution is 2.34. The summed E-state index contributed by atoms with van der Waals surface area (Å²) in [6, 6.07) is 4.60. The average Bonchev–Trinajstić information content (AvgIpc) is 2.42. The highest BCUT2D eigenvalue weighted by Gasteiger charge is 2.09. The summed E-state index contributed by atoms with van der Waals surface area (Å²) in [7, 11) is 1.66. The van der Waals surface area contributed by atoms with Gasteiger partial charge in [0, 0.05) is 19.7 Å². The van der Waals surface area contributed by atoms with Crippen LogP contribution in [0.25, 0.3) is 0 Å². The molecule has 0 unspecified atom stereocenters. The molecule has 4 nitrogen and oxygen atoms in total. The van der Waals surface area contributed by atoms with Crippen molar-refractivity contribution in [1.29, 1.82) is 0 Å². The van der Waals surface area contributed by atoms with Crippen LogP contribution in [0.3, 0.4) is 0 Å². The Kier molecular flexibility index (Phi) is 9.51. The summed E-state index contributed by atoms with van der Waals surface area (Å²) in [6.45, 7) is 7.32. The van der Waals surface area contributed by atoms with Gasteiger partial charge in [0.25, 0.3) is 0 Å². The van der Waals surface area contributed by atoms with Crippen LogP contribution in [-0.2, 0) is 16.0 Å². The number of methoxy groups -OCH3 is 1. The molecule has 0 aliphatic rings. The summed E-state index contributed by atoms with van der Waals surface area (Å²) in [5.74, 6) is 0.804. The van der Waals surface area contributed by atoms with Crippen LogP contribution in [0.1, 0.15) is 19.4 Å². The largest absolute Gasteiger partial charge is 0.489 e. The Balaban J connectivity index is 2.47. The van der Waals surface area contributed by atoms with Crippen molar-refractivity contribution in [2.24, 2.45) is 0 Å². The maximum Gasteiger partial charge on any atom is 0.147 e. The number of benzene rings is 1. The van der Waals surface area contributed by atoms with Gasteiger partial charge in [-0.05, 0) is 49.6 Å². The molecular formula is C15H23Br2NO3. The Labute approximate surface area is 143 Å². The number of rotatable bonds is 10. The summed E-state index contributed by atoms with van der Waals surface area (Å²) in [4.78, 5) is 0. The molecule has 0 aliphatic heterocycles. The molecule has 120 valence electrons. The molecule has 0 saturated heterocycles. The van der Waals surface area contributed by atoms with Crippen LogP contribution in [0.15, 0.2) is 21.1 Å². The molecular weight excluding hydrogens is 402 g/mol. The molecule has 0 amide bonds. The van der Waals surface area contributed by atoms with Crippen LogP contribution >= 0.6 is 31.9 Å². The van der Waals surface area contributed by atoms with Crippen molar-refractivity contribution in [3.63, 3.8) is 0 Å². The lowest BCUT2D eigenvalue weighted by Crippen LogP contribution is -2.21. The second-order valence-electron chi connectivity index (χ2n) is 4.88. The molecule has 0 heterocycles. The second kappa shape index (κ2) is 10.6. The Bertz CT molecular complexity index is 404. The van der Waals surface area contributed by atoms with Gasteiger partial charge in [0.05, 0.1) is 28.8 Å². The van der Waals surface area contributed by atoms with Crippen molar-refractivity contribution in [3.8, 4) is 5.75 Å². The third-order valence-corrected chi connectivity index (χ3v) is 3.86. The van der Waals surface area contributed by atoms with Crippen molar-refractivity contribution in [3.05, 3.63) is 26.6 Å². The average molecular weight is 425 g/mol. The van der Waals surface area contributed by atoms with Crippen molar-refractivity contribution < 1.29 is 14.2 Å². The van der Waals surface area contributed by atoms with Crippen LogP contribution < -0.4 is 10.1 Å². The zero-order valence-corrected chi connectivity index (χ0v) is 15.9. The van der Waals surface area contributed by atoms with E-state index in [4.69, 9.17) is 14.2 Å². The second-order valence-corrected chi connectivity index (χ2v) is 6.59. The third-order valence-electron chi connectivity index (χ3n) is 2.68. The Morgan fingerprint density at radius 2 is 1.67 bits per heavy atom. The first kappa shape index (κ1) is 18.9.